The van der Waals surface area contributed by atoms with Gasteiger partial charge in [0.1, 0.15) is 5.01 Å². The highest BCUT2D eigenvalue weighted by atomic mass is 32.1. The maximum absolute atomic E-state index is 5.73. The summed E-state index contributed by atoms with van der Waals surface area (Å²) < 4.78 is 2.29. The third-order valence-corrected chi connectivity index (χ3v) is 4.63. The zero-order valence-electron chi connectivity index (χ0n) is 12.8. The summed E-state index contributed by atoms with van der Waals surface area (Å²) in [5.74, 6) is 0.985. The van der Waals surface area contributed by atoms with E-state index in [0.717, 1.165) is 32.4 Å². The van der Waals surface area contributed by atoms with Gasteiger partial charge < -0.3 is 10.3 Å². The van der Waals surface area contributed by atoms with Gasteiger partial charge in [0.2, 0.25) is 0 Å². The number of nitrogens with two attached hydrogens (primary N) is 1. The Hall–Kier alpha value is -1.72. The highest BCUT2D eigenvalue weighted by molar-refractivity contribution is 7.15. The summed E-state index contributed by atoms with van der Waals surface area (Å²) in [6.45, 7) is 9.10. The highest BCUT2D eigenvalue weighted by Gasteiger charge is 2.24. The number of benzene rings is 1. The number of nitrogens with zero attached hydrogens (tertiary/aromatic N) is 3. The number of para-hydroxylation sites is 2. The largest absolute Gasteiger partial charge is 0.325 e. The van der Waals surface area contributed by atoms with Gasteiger partial charge in [0.05, 0.1) is 21.6 Å². The van der Waals surface area contributed by atoms with Crippen LogP contribution in [0, 0.1) is 6.92 Å². The van der Waals surface area contributed by atoms with Crippen LogP contribution < -0.4 is 5.73 Å². The van der Waals surface area contributed by atoms with Gasteiger partial charge in [-0.05, 0) is 39.8 Å². The summed E-state index contributed by atoms with van der Waals surface area (Å²) >= 11 is 1.64. The van der Waals surface area contributed by atoms with E-state index < -0.39 is 0 Å². The van der Waals surface area contributed by atoms with E-state index in [9.17, 15) is 0 Å². The molecule has 0 bridgehead atoms. The second-order valence-corrected chi connectivity index (χ2v) is 7.24. The van der Waals surface area contributed by atoms with Crippen LogP contribution in [0.4, 0.5) is 0 Å². The van der Waals surface area contributed by atoms with Crippen molar-refractivity contribution in [2.24, 2.45) is 5.73 Å². The lowest BCUT2D eigenvalue weighted by Gasteiger charge is -2.24. The van der Waals surface area contributed by atoms with Crippen molar-refractivity contribution in [3.05, 3.63) is 35.0 Å². The average Bonchev–Trinajstić information content (AvgIpc) is 2.97. The number of aromatic nitrogens is 3. The van der Waals surface area contributed by atoms with Crippen LogP contribution in [0.1, 0.15) is 31.5 Å². The maximum Gasteiger partial charge on any atom is 0.153 e. The van der Waals surface area contributed by atoms with E-state index in [-0.39, 0.29) is 5.54 Å². The van der Waals surface area contributed by atoms with Crippen LogP contribution in [-0.2, 0) is 12.1 Å². The van der Waals surface area contributed by atoms with Gasteiger partial charge in [0.15, 0.2) is 5.82 Å². The van der Waals surface area contributed by atoms with Crippen molar-refractivity contribution < 1.29 is 0 Å². The molecule has 2 heterocycles. The Morgan fingerprint density at radius 1 is 1.19 bits per heavy atom. The van der Waals surface area contributed by atoms with Crippen LogP contribution in [0.25, 0.3) is 21.7 Å². The quantitative estimate of drug-likeness (QED) is 0.785. The second kappa shape index (κ2) is 4.93. The molecule has 0 saturated carbocycles. The van der Waals surface area contributed by atoms with Crippen LogP contribution >= 0.6 is 11.3 Å². The van der Waals surface area contributed by atoms with Gasteiger partial charge >= 0.3 is 0 Å². The number of hydrogen-bond donors (Lipinski definition) is 1. The molecule has 0 spiro atoms. The lowest BCUT2D eigenvalue weighted by Crippen LogP contribution is -2.22. The fourth-order valence-corrected chi connectivity index (χ4v) is 3.53. The molecule has 4 nitrogen and oxygen atoms in total. The Morgan fingerprint density at radius 2 is 1.90 bits per heavy atom. The minimum atomic E-state index is -0.0508. The van der Waals surface area contributed by atoms with Gasteiger partial charge in [0, 0.05) is 12.1 Å². The third kappa shape index (κ3) is 2.36. The summed E-state index contributed by atoms with van der Waals surface area (Å²) in [6, 6.07) is 8.26. The SMILES string of the molecule is Cc1nc(CN)sc1-c1nc2ccccc2n1C(C)(C)C. The molecule has 0 aliphatic carbocycles. The van der Waals surface area contributed by atoms with Crippen molar-refractivity contribution in [1.29, 1.82) is 0 Å². The van der Waals surface area contributed by atoms with Gasteiger partial charge in [0.25, 0.3) is 0 Å². The van der Waals surface area contributed by atoms with Crippen molar-refractivity contribution in [3.63, 3.8) is 0 Å². The Morgan fingerprint density at radius 3 is 2.52 bits per heavy atom. The Balaban J connectivity index is 2.33. The molecule has 1 aromatic carbocycles. The number of imidazole rings is 1. The van der Waals surface area contributed by atoms with E-state index in [1.54, 1.807) is 11.3 Å². The number of thiazole rings is 1. The fourth-order valence-electron chi connectivity index (χ4n) is 2.60. The van der Waals surface area contributed by atoms with Crippen LogP contribution in [0.3, 0.4) is 0 Å². The van der Waals surface area contributed by atoms with Gasteiger partial charge in [-0.3, -0.25) is 0 Å². The van der Waals surface area contributed by atoms with Gasteiger partial charge in [-0.1, -0.05) is 12.1 Å². The van der Waals surface area contributed by atoms with Crippen LogP contribution in [0.2, 0.25) is 0 Å². The monoisotopic (exact) mass is 300 g/mol. The van der Waals surface area contributed by atoms with Crippen LogP contribution in [-0.4, -0.2) is 14.5 Å². The molecule has 0 amide bonds. The first kappa shape index (κ1) is 14.2. The molecule has 3 rings (SSSR count). The van der Waals surface area contributed by atoms with E-state index in [0.29, 0.717) is 6.54 Å². The molecule has 0 saturated heterocycles. The first-order valence-electron chi connectivity index (χ1n) is 7.06. The second-order valence-electron chi connectivity index (χ2n) is 6.16. The van der Waals surface area contributed by atoms with E-state index in [2.05, 4.69) is 48.5 Å². The predicted octanol–water partition coefficient (Wildman–Crippen LogP) is 3.68. The maximum atomic E-state index is 5.73. The Kier molecular flexibility index (Phi) is 3.34. The first-order valence-corrected chi connectivity index (χ1v) is 7.88. The molecule has 3 aromatic rings. The van der Waals surface area contributed by atoms with Crippen LogP contribution in [0.15, 0.2) is 24.3 Å². The normalized spacial score (nSPS) is 12.2. The molecule has 2 aromatic heterocycles. The van der Waals surface area contributed by atoms with Crippen molar-refractivity contribution in [1.82, 2.24) is 14.5 Å². The van der Waals surface area contributed by atoms with Crippen molar-refractivity contribution in [2.75, 3.05) is 0 Å². The molecule has 5 heteroatoms. The standard InChI is InChI=1S/C16H20N4S/c1-10-14(21-13(9-17)18-10)15-19-11-7-5-6-8-12(11)20(15)16(2,3)4/h5-8H,9,17H2,1-4H3. The average molecular weight is 300 g/mol. The van der Waals surface area contributed by atoms with Crippen molar-refractivity contribution in [3.8, 4) is 10.7 Å². The van der Waals surface area contributed by atoms with E-state index in [1.165, 1.54) is 0 Å². The van der Waals surface area contributed by atoms with Gasteiger partial charge in [-0.15, -0.1) is 11.3 Å². The van der Waals surface area contributed by atoms with Gasteiger partial charge in [-0.2, -0.15) is 0 Å². The molecule has 0 unspecified atom stereocenters. The lowest BCUT2D eigenvalue weighted by atomic mass is 10.1. The Labute approximate surface area is 128 Å². The molecule has 0 aliphatic rings. The molecule has 21 heavy (non-hydrogen) atoms. The zero-order chi connectivity index (χ0) is 15.2. The topological polar surface area (TPSA) is 56.7 Å². The summed E-state index contributed by atoms with van der Waals surface area (Å²) in [6.07, 6.45) is 0. The minimum Gasteiger partial charge on any atom is -0.325 e. The predicted molar refractivity (Wildman–Crippen MR) is 88.5 cm³/mol. The van der Waals surface area contributed by atoms with E-state index >= 15 is 0 Å². The smallest absolute Gasteiger partial charge is 0.153 e. The summed E-state index contributed by atoms with van der Waals surface area (Å²) in [4.78, 5) is 10.5. The zero-order valence-corrected chi connectivity index (χ0v) is 13.7. The van der Waals surface area contributed by atoms with E-state index in [1.807, 2.05) is 13.0 Å². The molecule has 0 fully saturated rings. The molecule has 0 radical (unpaired) electrons. The number of rotatable bonds is 2. The molecule has 2 N–H and O–H groups in total. The van der Waals surface area contributed by atoms with E-state index in [4.69, 9.17) is 10.7 Å². The Bertz CT molecular complexity index is 792. The fraction of sp³-hybridized carbons (Fsp3) is 0.375. The van der Waals surface area contributed by atoms with Crippen molar-refractivity contribution in [2.45, 2.75) is 39.8 Å². The first-order chi connectivity index (χ1) is 9.91. The van der Waals surface area contributed by atoms with Crippen molar-refractivity contribution >= 4 is 22.4 Å². The minimum absolute atomic E-state index is 0.0508. The van der Waals surface area contributed by atoms with Gasteiger partial charge in [-0.25, -0.2) is 9.97 Å². The summed E-state index contributed by atoms with van der Waals surface area (Å²) in [5, 5.41) is 0.954. The third-order valence-electron chi connectivity index (χ3n) is 3.45. The molecule has 110 valence electrons. The number of fused-ring (bicyclic) bond motifs is 1. The number of hydrogen-bond acceptors (Lipinski definition) is 4. The molecular formula is C16H20N4S. The molecular weight excluding hydrogens is 280 g/mol. The summed E-state index contributed by atoms with van der Waals surface area (Å²) in [7, 11) is 0. The molecule has 0 aliphatic heterocycles. The highest BCUT2D eigenvalue weighted by Crippen LogP contribution is 2.35. The molecule has 0 atom stereocenters. The summed E-state index contributed by atoms with van der Waals surface area (Å²) in [5.41, 5.74) is 8.85. The lowest BCUT2D eigenvalue weighted by molar-refractivity contribution is 0.413. The van der Waals surface area contributed by atoms with Crippen LogP contribution in [0.5, 0.6) is 0 Å². The number of aryl methyl sites for hydroxylation is 1.